The number of thiazole rings is 1. The predicted molar refractivity (Wildman–Crippen MR) is 139 cm³/mol. The maximum Gasteiger partial charge on any atom is 0.260 e. The van der Waals surface area contributed by atoms with Gasteiger partial charge in [-0.05, 0) is 66.1 Å². The van der Waals surface area contributed by atoms with Gasteiger partial charge >= 0.3 is 0 Å². The van der Waals surface area contributed by atoms with E-state index >= 15 is 0 Å². The lowest BCUT2D eigenvalue weighted by Gasteiger charge is -2.23. The summed E-state index contributed by atoms with van der Waals surface area (Å²) >= 11 is 1.35. The molecule has 1 fully saturated rings. The Kier molecular flexibility index (Phi) is 6.95. The van der Waals surface area contributed by atoms with Crippen LogP contribution in [0.3, 0.4) is 0 Å². The topological polar surface area (TPSA) is 105 Å². The van der Waals surface area contributed by atoms with Crippen LogP contribution in [0, 0.1) is 18.2 Å². The second-order valence-corrected chi connectivity index (χ2v) is 11.1. The Morgan fingerprint density at radius 2 is 1.86 bits per heavy atom. The van der Waals surface area contributed by atoms with Crippen LogP contribution in [0.25, 0.3) is 11.1 Å². The molecule has 36 heavy (non-hydrogen) atoms. The number of carbonyl (C=O) groups is 3. The Labute approximate surface area is 213 Å². The van der Waals surface area contributed by atoms with E-state index in [0.29, 0.717) is 28.4 Å². The first kappa shape index (κ1) is 25.5. The van der Waals surface area contributed by atoms with E-state index in [1.165, 1.54) is 23.5 Å². The molecule has 1 aromatic heterocycles. The lowest BCUT2D eigenvalue weighted by atomic mass is 9.91. The highest BCUT2D eigenvalue weighted by atomic mass is 32.1. The number of anilines is 1. The molecule has 4 rings (SSSR count). The first-order valence-electron chi connectivity index (χ1n) is 11.7. The summed E-state index contributed by atoms with van der Waals surface area (Å²) in [5.41, 5.74) is 6.89. The van der Waals surface area contributed by atoms with Crippen molar-refractivity contribution in [3.05, 3.63) is 70.0 Å². The van der Waals surface area contributed by atoms with Crippen molar-refractivity contribution in [3.8, 4) is 11.1 Å². The molecule has 0 bridgehead atoms. The van der Waals surface area contributed by atoms with E-state index in [1.54, 1.807) is 35.5 Å². The molecule has 1 heterocycles. The fourth-order valence-electron chi connectivity index (χ4n) is 3.85. The predicted octanol–water partition coefficient (Wildman–Crippen LogP) is 4.94. The van der Waals surface area contributed by atoms with Crippen LogP contribution in [0.15, 0.2) is 41.9 Å². The fraction of sp³-hybridized carbons (Fsp3) is 0.333. The molecule has 0 atom stereocenters. The van der Waals surface area contributed by atoms with Gasteiger partial charge in [0.05, 0.1) is 0 Å². The van der Waals surface area contributed by atoms with Crippen molar-refractivity contribution in [1.82, 2.24) is 10.3 Å². The summed E-state index contributed by atoms with van der Waals surface area (Å²) < 4.78 is 14.8. The van der Waals surface area contributed by atoms with E-state index in [-0.39, 0.29) is 40.0 Å². The standard InChI is InChI=1S/C27H29FN4O3S/c1-15-20(12-17(23(29)33)13-22(15)28)19-8-5-16(24(34)31-14-27(2,3)4)11-21(19)25(35)32(18-6-7-18)26-30-9-10-36-26/h5,8-13,18H,6-7,14H2,1-4H3,(H2,29,33)(H,31,34). The molecular formula is C27H29FN4O3S. The molecular weight excluding hydrogens is 479 g/mol. The van der Waals surface area contributed by atoms with Crippen LogP contribution >= 0.6 is 11.3 Å². The van der Waals surface area contributed by atoms with Crippen molar-refractivity contribution in [3.63, 3.8) is 0 Å². The van der Waals surface area contributed by atoms with Crippen LogP contribution in [-0.4, -0.2) is 35.3 Å². The number of nitrogens with one attached hydrogen (secondary N) is 1. The number of nitrogens with two attached hydrogens (primary N) is 1. The third-order valence-electron chi connectivity index (χ3n) is 5.97. The maximum atomic E-state index is 14.8. The van der Waals surface area contributed by atoms with Crippen molar-refractivity contribution in [2.24, 2.45) is 11.1 Å². The third-order valence-corrected chi connectivity index (χ3v) is 6.74. The van der Waals surface area contributed by atoms with Gasteiger partial charge in [0, 0.05) is 40.9 Å². The Morgan fingerprint density at radius 3 is 2.44 bits per heavy atom. The Morgan fingerprint density at radius 1 is 1.14 bits per heavy atom. The Bertz CT molecular complexity index is 1330. The van der Waals surface area contributed by atoms with Gasteiger partial charge in [-0.3, -0.25) is 19.3 Å². The SMILES string of the molecule is Cc1c(F)cc(C(N)=O)cc1-c1ccc(C(=O)NCC(C)(C)C)cc1C(=O)N(c1nccs1)C1CC1. The number of aromatic nitrogens is 1. The first-order chi connectivity index (χ1) is 17.0. The van der Waals surface area contributed by atoms with Crippen LogP contribution in [0.5, 0.6) is 0 Å². The fourth-order valence-corrected chi connectivity index (χ4v) is 4.56. The molecule has 3 aromatic rings. The van der Waals surface area contributed by atoms with Crippen molar-refractivity contribution in [2.45, 2.75) is 46.6 Å². The second kappa shape index (κ2) is 9.81. The molecule has 1 saturated carbocycles. The average molecular weight is 509 g/mol. The highest BCUT2D eigenvalue weighted by molar-refractivity contribution is 7.13. The second-order valence-electron chi connectivity index (χ2n) is 10.2. The van der Waals surface area contributed by atoms with Gasteiger partial charge in [-0.1, -0.05) is 26.8 Å². The summed E-state index contributed by atoms with van der Waals surface area (Å²) in [6, 6.07) is 7.33. The number of carbonyl (C=O) groups excluding carboxylic acids is 3. The normalized spacial score (nSPS) is 13.4. The van der Waals surface area contributed by atoms with E-state index in [9.17, 15) is 18.8 Å². The zero-order valence-electron chi connectivity index (χ0n) is 20.7. The molecule has 9 heteroatoms. The largest absolute Gasteiger partial charge is 0.366 e. The molecule has 1 aliphatic carbocycles. The lowest BCUT2D eigenvalue weighted by molar-refractivity contribution is 0.0938. The summed E-state index contributed by atoms with van der Waals surface area (Å²) in [7, 11) is 0. The lowest BCUT2D eigenvalue weighted by Crippen LogP contribution is -2.34. The van der Waals surface area contributed by atoms with Gasteiger partial charge in [0.1, 0.15) is 5.82 Å². The molecule has 0 spiro atoms. The van der Waals surface area contributed by atoms with Crippen molar-refractivity contribution < 1.29 is 18.8 Å². The number of hydrogen-bond acceptors (Lipinski definition) is 5. The van der Waals surface area contributed by atoms with Gasteiger partial charge in [0.15, 0.2) is 5.13 Å². The minimum atomic E-state index is -0.774. The number of benzene rings is 2. The zero-order chi connectivity index (χ0) is 26.2. The summed E-state index contributed by atoms with van der Waals surface area (Å²) in [4.78, 5) is 44.8. The number of halogens is 1. The maximum absolute atomic E-state index is 14.8. The van der Waals surface area contributed by atoms with E-state index in [0.717, 1.165) is 18.9 Å². The monoisotopic (exact) mass is 508 g/mol. The van der Waals surface area contributed by atoms with E-state index in [4.69, 9.17) is 5.73 Å². The van der Waals surface area contributed by atoms with Crippen molar-refractivity contribution in [2.75, 3.05) is 11.4 Å². The average Bonchev–Trinajstić information content (AvgIpc) is 3.51. The van der Waals surface area contributed by atoms with Gasteiger partial charge in [-0.2, -0.15) is 0 Å². The third kappa shape index (κ3) is 5.46. The molecule has 0 saturated heterocycles. The van der Waals surface area contributed by atoms with E-state index < -0.39 is 11.7 Å². The summed E-state index contributed by atoms with van der Waals surface area (Å²) in [5, 5.41) is 5.26. The minimum absolute atomic E-state index is 0.00234. The number of nitrogens with zero attached hydrogens (tertiary/aromatic N) is 2. The first-order valence-corrected chi connectivity index (χ1v) is 12.6. The molecule has 3 amide bonds. The molecule has 1 aliphatic rings. The minimum Gasteiger partial charge on any atom is -0.366 e. The number of hydrogen-bond donors (Lipinski definition) is 2. The highest BCUT2D eigenvalue weighted by Gasteiger charge is 2.37. The van der Waals surface area contributed by atoms with Gasteiger partial charge in [0.25, 0.3) is 11.8 Å². The van der Waals surface area contributed by atoms with Crippen LogP contribution < -0.4 is 16.0 Å². The zero-order valence-corrected chi connectivity index (χ0v) is 21.5. The molecule has 0 aliphatic heterocycles. The Balaban J connectivity index is 1.86. The number of amides is 3. The van der Waals surface area contributed by atoms with E-state index in [2.05, 4.69) is 10.3 Å². The van der Waals surface area contributed by atoms with Crippen LogP contribution in [0.2, 0.25) is 0 Å². The molecule has 7 nitrogen and oxygen atoms in total. The summed E-state index contributed by atoms with van der Waals surface area (Å²) in [6.07, 6.45) is 3.32. The van der Waals surface area contributed by atoms with Gasteiger partial charge < -0.3 is 11.1 Å². The van der Waals surface area contributed by atoms with Gasteiger partial charge in [0.2, 0.25) is 5.91 Å². The van der Waals surface area contributed by atoms with E-state index in [1.807, 2.05) is 20.8 Å². The quantitative estimate of drug-likeness (QED) is 0.471. The summed E-state index contributed by atoms with van der Waals surface area (Å²) in [6.45, 7) is 8.06. The Hall–Kier alpha value is -3.59. The molecule has 0 unspecified atom stereocenters. The van der Waals surface area contributed by atoms with Gasteiger partial charge in [-0.25, -0.2) is 9.37 Å². The number of rotatable bonds is 7. The van der Waals surface area contributed by atoms with Crippen LogP contribution in [0.4, 0.5) is 9.52 Å². The highest BCUT2D eigenvalue weighted by Crippen LogP contribution is 2.37. The molecule has 2 aromatic carbocycles. The number of primary amides is 1. The van der Waals surface area contributed by atoms with Crippen molar-refractivity contribution >= 4 is 34.2 Å². The molecule has 3 N–H and O–H groups in total. The summed E-state index contributed by atoms with van der Waals surface area (Å²) in [5.74, 6) is -2.03. The van der Waals surface area contributed by atoms with Gasteiger partial charge in [-0.15, -0.1) is 11.3 Å². The van der Waals surface area contributed by atoms with Crippen LogP contribution in [-0.2, 0) is 0 Å². The molecule has 188 valence electrons. The smallest absolute Gasteiger partial charge is 0.260 e. The van der Waals surface area contributed by atoms with Crippen LogP contribution in [0.1, 0.15) is 70.3 Å². The molecule has 0 radical (unpaired) electrons. The van der Waals surface area contributed by atoms with Crippen molar-refractivity contribution in [1.29, 1.82) is 0 Å².